The van der Waals surface area contributed by atoms with Gasteiger partial charge in [-0.05, 0) is 68.4 Å². The van der Waals surface area contributed by atoms with Crippen LogP contribution in [0.5, 0.6) is 5.75 Å². The Kier molecular flexibility index (Phi) is 5.02. The molecule has 0 radical (unpaired) electrons. The summed E-state index contributed by atoms with van der Waals surface area (Å²) >= 11 is 0. The number of anilines is 1. The molecule has 198 valence electrons. The van der Waals surface area contributed by atoms with Crippen LogP contribution in [-0.2, 0) is 0 Å². The van der Waals surface area contributed by atoms with Gasteiger partial charge in [-0.2, -0.15) is 0 Å². The van der Waals surface area contributed by atoms with Gasteiger partial charge in [-0.15, -0.1) is 0 Å². The van der Waals surface area contributed by atoms with Gasteiger partial charge in [0.2, 0.25) is 0 Å². The van der Waals surface area contributed by atoms with Crippen molar-refractivity contribution in [2.24, 2.45) is 4.99 Å². The molecule has 0 bridgehead atoms. The minimum atomic E-state index is 0.0754. The Hall–Kier alpha value is -5.41. The normalized spacial score (nSPS) is 16.8. The highest BCUT2D eigenvalue weighted by Gasteiger charge is 2.40. The fraction of sp³-hybridized carbons (Fsp3) is 0.0513. The van der Waals surface area contributed by atoms with Crippen molar-refractivity contribution in [3.8, 4) is 28.0 Å². The monoisotopic (exact) mass is 538 g/mol. The summed E-state index contributed by atoms with van der Waals surface area (Å²) in [5.74, 6) is 2.74. The number of ether oxygens (including phenoxy) is 1. The van der Waals surface area contributed by atoms with E-state index in [0.717, 1.165) is 40.7 Å². The fourth-order valence-corrected chi connectivity index (χ4v) is 6.88. The van der Waals surface area contributed by atoms with Crippen molar-refractivity contribution in [2.75, 3.05) is 4.90 Å². The number of allylic oxidation sites excluding steroid dienone is 1. The maximum atomic E-state index is 6.28. The lowest BCUT2D eigenvalue weighted by Gasteiger charge is -2.32. The van der Waals surface area contributed by atoms with E-state index < -0.39 is 0 Å². The summed E-state index contributed by atoms with van der Waals surface area (Å²) in [5.41, 5.74) is 8.28. The van der Waals surface area contributed by atoms with Crippen molar-refractivity contribution in [3.05, 3.63) is 157 Å². The molecule has 0 saturated heterocycles. The maximum absolute atomic E-state index is 6.28. The van der Waals surface area contributed by atoms with Crippen LogP contribution < -0.4 is 9.64 Å². The summed E-state index contributed by atoms with van der Waals surface area (Å²) in [7, 11) is 0. The Balaban J connectivity index is 1.21. The number of rotatable bonds is 3. The van der Waals surface area contributed by atoms with Crippen molar-refractivity contribution in [3.63, 3.8) is 0 Å². The quantitative estimate of drug-likeness (QED) is 0.210. The maximum Gasteiger partial charge on any atom is 0.151 e. The topological polar surface area (TPSA) is 24.8 Å². The van der Waals surface area contributed by atoms with Crippen LogP contribution in [0.3, 0.4) is 0 Å². The predicted octanol–water partition coefficient (Wildman–Crippen LogP) is 9.53. The van der Waals surface area contributed by atoms with Crippen LogP contribution in [0, 0.1) is 0 Å². The predicted molar refractivity (Wildman–Crippen MR) is 173 cm³/mol. The van der Waals surface area contributed by atoms with Crippen molar-refractivity contribution < 1.29 is 4.74 Å². The third-order valence-electron chi connectivity index (χ3n) is 8.68. The molecule has 1 atom stereocenters. The van der Waals surface area contributed by atoms with E-state index in [0.29, 0.717) is 0 Å². The Morgan fingerprint density at radius 3 is 1.79 bits per heavy atom. The summed E-state index contributed by atoms with van der Waals surface area (Å²) in [6.07, 6.45) is 5.14. The van der Waals surface area contributed by atoms with Crippen molar-refractivity contribution in [1.82, 2.24) is 0 Å². The van der Waals surface area contributed by atoms with Gasteiger partial charge in [0.1, 0.15) is 11.6 Å². The molecule has 0 fully saturated rings. The summed E-state index contributed by atoms with van der Waals surface area (Å²) < 4.78 is 6.28. The highest BCUT2D eigenvalue weighted by Crippen LogP contribution is 2.46. The summed E-state index contributed by atoms with van der Waals surface area (Å²) in [6.45, 7) is 0. The number of nitrogens with zero attached hydrogens (tertiary/aromatic N) is 2. The Morgan fingerprint density at radius 2 is 1.12 bits per heavy atom. The van der Waals surface area contributed by atoms with Gasteiger partial charge in [0.15, 0.2) is 5.75 Å². The van der Waals surface area contributed by atoms with Crippen molar-refractivity contribution in [1.29, 1.82) is 0 Å². The molecule has 2 heterocycles. The number of fused-ring (bicyclic) bond motifs is 4. The second-order valence-corrected chi connectivity index (χ2v) is 11.0. The zero-order chi connectivity index (χ0) is 27.6. The van der Waals surface area contributed by atoms with E-state index in [4.69, 9.17) is 9.73 Å². The number of para-hydroxylation sites is 2. The molecule has 6 aromatic rings. The summed E-state index contributed by atoms with van der Waals surface area (Å²) in [6, 6.07) is 45.6. The van der Waals surface area contributed by atoms with Crippen LogP contribution in [0.4, 0.5) is 5.69 Å². The first kappa shape index (κ1) is 23.3. The molecule has 6 aromatic carbocycles. The molecule has 3 nitrogen and oxygen atoms in total. The highest BCUT2D eigenvalue weighted by atomic mass is 16.5. The second kappa shape index (κ2) is 9.05. The summed E-state index contributed by atoms with van der Waals surface area (Å²) in [5, 5.41) is 5.05. The lowest BCUT2D eigenvalue weighted by Crippen LogP contribution is -2.33. The zero-order valence-corrected chi connectivity index (χ0v) is 22.9. The molecule has 1 aliphatic carbocycles. The van der Waals surface area contributed by atoms with Gasteiger partial charge in [0.25, 0.3) is 0 Å². The molecule has 0 saturated carbocycles. The van der Waals surface area contributed by atoms with E-state index in [1.54, 1.807) is 0 Å². The first-order chi connectivity index (χ1) is 20.8. The molecule has 0 aromatic heterocycles. The molecule has 3 aliphatic rings. The number of aliphatic imine (C=N–C) groups is 1. The van der Waals surface area contributed by atoms with Gasteiger partial charge in [-0.1, -0.05) is 121 Å². The van der Waals surface area contributed by atoms with Gasteiger partial charge in [0, 0.05) is 5.56 Å². The first-order valence-electron chi connectivity index (χ1n) is 14.5. The van der Waals surface area contributed by atoms with E-state index in [2.05, 4.69) is 132 Å². The van der Waals surface area contributed by atoms with Crippen LogP contribution >= 0.6 is 0 Å². The van der Waals surface area contributed by atoms with Crippen LogP contribution in [0.25, 0.3) is 43.8 Å². The lowest BCUT2D eigenvalue weighted by atomic mass is 9.86. The van der Waals surface area contributed by atoms with Gasteiger partial charge < -0.3 is 4.74 Å². The third-order valence-corrected chi connectivity index (χ3v) is 8.68. The van der Waals surface area contributed by atoms with Gasteiger partial charge in [-0.25, -0.2) is 0 Å². The van der Waals surface area contributed by atoms with Crippen LogP contribution in [0.2, 0.25) is 0 Å². The molecular formula is C39H26N2O. The molecular weight excluding hydrogens is 512 g/mol. The van der Waals surface area contributed by atoms with Crippen LogP contribution in [-0.4, -0.2) is 11.9 Å². The second-order valence-electron chi connectivity index (χ2n) is 11.0. The van der Waals surface area contributed by atoms with Crippen LogP contribution in [0.1, 0.15) is 12.0 Å². The van der Waals surface area contributed by atoms with Crippen LogP contribution in [0.15, 0.2) is 156 Å². The average Bonchev–Trinajstić information content (AvgIpc) is 3.45. The average molecular weight is 539 g/mol. The number of hydrogen-bond donors (Lipinski definition) is 0. The van der Waals surface area contributed by atoms with E-state index in [9.17, 15) is 0 Å². The fourth-order valence-electron chi connectivity index (χ4n) is 6.88. The smallest absolute Gasteiger partial charge is 0.151 e. The molecule has 0 N–H and O–H groups in total. The largest absolute Gasteiger partial charge is 0.453 e. The molecule has 42 heavy (non-hydrogen) atoms. The molecule has 9 rings (SSSR count). The molecule has 0 spiro atoms. The van der Waals surface area contributed by atoms with Gasteiger partial charge in [0.05, 0.1) is 17.4 Å². The first-order valence-corrected chi connectivity index (χ1v) is 14.5. The zero-order valence-electron chi connectivity index (χ0n) is 22.9. The number of amidine groups is 1. The highest BCUT2D eigenvalue weighted by molar-refractivity contribution is 6.21. The van der Waals surface area contributed by atoms with E-state index in [-0.39, 0.29) is 6.04 Å². The van der Waals surface area contributed by atoms with E-state index in [1.165, 1.54) is 43.8 Å². The SMILES string of the molecule is C1=CC2=C3C(C1)N=C(c1ccc(-c4c5ccccc5c(-c5ccccc5)c5ccccc45)cc1)N3c1ccccc1O2. The minimum Gasteiger partial charge on any atom is -0.453 e. The molecule has 1 unspecified atom stereocenters. The lowest BCUT2D eigenvalue weighted by molar-refractivity contribution is 0.420. The van der Waals surface area contributed by atoms with E-state index in [1.807, 2.05) is 12.1 Å². The number of benzene rings is 6. The molecule has 2 aliphatic heterocycles. The molecule has 3 heteroatoms. The standard InChI is InChI=1S/C39H26N2O/c1-2-11-25(12-3-1)36-28-13-4-6-15-30(28)37(31-16-7-5-14-29(31)36)26-21-23-27(24-22-26)39-40-32-17-10-20-35-38(32)41(39)33-18-8-9-19-34(33)42-35/h1-16,18-24,32H,17H2. The molecule has 0 amide bonds. The Bertz CT molecular complexity index is 2080. The van der Waals surface area contributed by atoms with Gasteiger partial charge >= 0.3 is 0 Å². The van der Waals surface area contributed by atoms with E-state index >= 15 is 0 Å². The van der Waals surface area contributed by atoms with Crippen molar-refractivity contribution >= 4 is 33.1 Å². The third kappa shape index (κ3) is 3.37. The Morgan fingerprint density at radius 1 is 0.571 bits per heavy atom. The Labute approximate surface area is 244 Å². The summed E-state index contributed by atoms with van der Waals surface area (Å²) in [4.78, 5) is 7.53. The minimum absolute atomic E-state index is 0.0754. The van der Waals surface area contributed by atoms with Gasteiger partial charge in [-0.3, -0.25) is 9.89 Å². The number of hydrogen-bond acceptors (Lipinski definition) is 3. The van der Waals surface area contributed by atoms with Crippen molar-refractivity contribution in [2.45, 2.75) is 12.5 Å².